The molecule has 3 heteroatoms. The van der Waals surface area contributed by atoms with Crippen molar-refractivity contribution in [1.29, 1.82) is 0 Å². The van der Waals surface area contributed by atoms with E-state index in [0.29, 0.717) is 5.75 Å². The molecule has 1 nitrogen and oxygen atoms in total. The average Bonchev–Trinajstić information content (AvgIpc) is 2.71. The van der Waals surface area contributed by atoms with Crippen molar-refractivity contribution in [2.24, 2.45) is 0 Å². The Labute approximate surface area is 96.2 Å². The summed E-state index contributed by atoms with van der Waals surface area (Å²) in [5.74, 6) is 0.626. The van der Waals surface area contributed by atoms with Crippen LogP contribution in [0, 0.1) is 6.92 Å². The lowest BCUT2D eigenvalue weighted by Crippen LogP contribution is -1.94. The second-order valence-corrected chi connectivity index (χ2v) is 5.87. The molecular formula is C12H12OS2. The van der Waals surface area contributed by atoms with Crippen LogP contribution in [0.2, 0.25) is 0 Å². The number of thiophene rings is 1. The zero-order valence-corrected chi connectivity index (χ0v) is 10.1. The topological polar surface area (TPSA) is 17.1 Å². The lowest BCUT2D eigenvalue weighted by molar-refractivity contribution is 0.683. The van der Waals surface area contributed by atoms with E-state index in [1.54, 1.807) is 11.3 Å². The second-order valence-electron chi connectivity index (χ2n) is 3.38. The largest absolute Gasteiger partial charge is 0.254 e. The van der Waals surface area contributed by atoms with Gasteiger partial charge >= 0.3 is 0 Å². The summed E-state index contributed by atoms with van der Waals surface area (Å²) < 4.78 is 11.9. The van der Waals surface area contributed by atoms with Crippen molar-refractivity contribution in [3.63, 3.8) is 0 Å². The summed E-state index contributed by atoms with van der Waals surface area (Å²) in [6, 6.07) is 11.9. The van der Waals surface area contributed by atoms with Crippen molar-refractivity contribution in [1.82, 2.24) is 0 Å². The van der Waals surface area contributed by atoms with Crippen molar-refractivity contribution in [3.8, 4) is 0 Å². The van der Waals surface area contributed by atoms with E-state index in [1.165, 1.54) is 10.4 Å². The molecular weight excluding hydrogens is 224 g/mol. The van der Waals surface area contributed by atoms with Gasteiger partial charge in [-0.25, -0.2) is 0 Å². The first kappa shape index (κ1) is 10.6. The summed E-state index contributed by atoms with van der Waals surface area (Å²) in [5.41, 5.74) is 1.20. The first-order chi connectivity index (χ1) is 7.25. The van der Waals surface area contributed by atoms with Crippen LogP contribution >= 0.6 is 11.3 Å². The van der Waals surface area contributed by atoms with Gasteiger partial charge < -0.3 is 0 Å². The molecule has 0 spiro atoms. The SMILES string of the molecule is Cc1ccc(S(=O)Cc2cccs2)cc1. The van der Waals surface area contributed by atoms with E-state index in [1.807, 2.05) is 48.7 Å². The molecule has 2 rings (SSSR count). The fourth-order valence-corrected chi connectivity index (χ4v) is 3.34. The minimum Gasteiger partial charge on any atom is -0.254 e. The highest BCUT2D eigenvalue weighted by Gasteiger charge is 2.05. The van der Waals surface area contributed by atoms with Gasteiger partial charge in [0.05, 0.1) is 16.6 Å². The Bertz CT molecular complexity index is 443. The van der Waals surface area contributed by atoms with Crippen molar-refractivity contribution < 1.29 is 4.21 Å². The van der Waals surface area contributed by atoms with Gasteiger partial charge in [-0.1, -0.05) is 23.8 Å². The Balaban J connectivity index is 2.11. The Morgan fingerprint density at radius 3 is 2.53 bits per heavy atom. The maximum atomic E-state index is 11.9. The Morgan fingerprint density at radius 2 is 1.93 bits per heavy atom. The van der Waals surface area contributed by atoms with Crippen LogP contribution in [0.5, 0.6) is 0 Å². The van der Waals surface area contributed by atoms with E-state index in [-0.39, 0.29) is 0 Å². The lowest BCUT2D eigenvalue weighted by Gasteiger charge is -2.00. The van der Waals surface area contributed by atoms with Crippen molar-refractivity contribution in [2.45, 2.75) is 17.6 Å². The molecule has 0 amide bonds. The van der Waals surface area contributed by atoms with E-state index < -0.39 is 10.8 Å². The minimum absolute atomic E-state index is 0.626. The van der Waals surface area contributed by atoms with E-state index >= 15 is 0 Å². The van der Waals surface area contributed by atoms with E-state index in [4.69, 9.17) is 0 Å². The standard InChI is InChI=1S/C12H12OS2/c1-10-4-6-12(7-5-10)15(13)9-11-3-2-8-14-11/h2-8H,9H2,1H3. The number of aryl methyl sites for hydroxylation is 1. The van der Waals surface area contributed by atoms with Crippen LogP contribution in [0.25, 0.3) is 0 Å². The molecule has 1 unspecified atom stereocenters. The van der Waals surface area contributed by atoms with Crippen LogP contribution in [0.1, 0.15) is 10.4 Å². The van der Waals surface area contributed by atoms with Gasteiger partial charge in [0.2, 0.25) is 0 Å². The summed E-state index contributed by atoms with van der Waals surface area (Å²) in [6.07, 6.45) is 0. The molecule has 0 aliphatic carbocycles. The third-order valence-corrected chi connectivity index (χ3v) is 4.57. The Morgan fingerprint density at radius 1 is 1.20 bits per heavy atom. The van der Waals surface area contributed by atoms with E-state index in [9.17, 15) is 4.21 Å². The normalized spacial score (nSPS) is 12.6. The van der Waals surface area contributed by atoms with Gasteiger partial charge in [-0.15, -0.1) is 11.3 Å². The van der Waals surface area contributed by atoms with Gasteiger partial charge in [0.15, 0.2) is 0 Å². The monoisotopic (exact) mass is 236 g/mol. The van der Waals surface area contributed by atoms with Gasteiger partial charge in [-0.2, -0.15) is 0 Å². The summed E-state index contributed by atoms with van der Waals surface area (Å²) in [4.78, 5) is 2.09. The van der Waals surface area contributed by atoms with Crippen LogP contribution < -0.4 is 0 Å². The predicted molar refractivity (Wildman–Crippen MR) is 65.6 cm³/mol. The fourth-order valence-electron chi connectivity index (χ4n) is 1.30. The maximum Gasteiger partial charge on any atom is 0.0626 e. The molecule has 1 aromatic carbocycles. The highest BCUT2D eigenvalue weighted by molar-refractivity contribution is 7.84. The molecule has 1 atom stereocenters. The summed E-state index contributed by atoms with van der Waals surface area (Å²) in [6.45, 7) is 2.03. The molecule has 1 aromatic heterocycles. The summed E-state index contributed by atoms with van der Waals surface area (Å²) in [7, 11) is -0.911. The highest BCUT2D eigenvalue weighted by atomic mass is 32.2. The molecule has 0 N–H and O–H groups in total. The van der Waals surface area contributed by atoms with Crippen LogP contribution in [-0.2, 0) is 16.6 Å². The molecule has 0 aliphatic rings. The molecule has 0 fully saturated rings. The summed E-state index contributed by atoms with van der Waals surface area (Å²) in [5, 5.41) is 2.02. The van der Waals surface area contributed by atoms with Gasteiger partial charge in [0.1, 0.15) is 0 Å². The molecule has 0 bridgehead atoms. The van der Waals surface area contributed by atoms with E-state index in [2.05, 4.69) is 0 Å². The van der Waals surface area contributed by atoms with Crippen molar-refractivity contribution in [2.75, 3.05) is 0 Å². The van der Waals surface area contributed by atoms with Crippen molar-refractivity contribution >= 4 is 22.1 Å². The number of rotatable bonds is 3. The quantitative estimate of drug-likeness (QED) is 0.798. The maximum absolute atomic E-state index is 11.9. The molecule has 0 saturated heterocycles. The molecule has 0 radical (unpaired) electrons. The Kier molecular flexibility index (Phi) is 3.34. The lowest BCUT2D eigenvalue weighted by atomic mass is 10.2. The predicted octanol–water partition coefficient (Wildman–Crippen LogP) is 3.36. The molecule has 1 heterocycles. The van der Waals surface area contributed by atoms with Gasteiger partial charge in [-0.05, 0) is 30.5 Å². The highest BCUT2D eigenvalue weighted by Crippen LogP contribution is 2.16. The summed E-state index contributed by atoms with van der Waals surface area (Å²) >= 11 is 1.66. The molecule has 15 heavy (non-hydrogen) atoms. The minimum atomic E-state index is -0.911. The molecule has 78 valence electrons. The van der Waals surface area contributed by atoms with Crippen LogP contribution in [0.3, 0.4) is 0 Å². The van der Waals surface area contributed by atoms with E-state index in [0.717, 1.165) is 4.90 Å². The molecule has 0 saturated carbocycles. The number of hydrogen-bond donors (Lipinski definition) is 0. The third kappa shape index (κ3) is 2.76. The smallest absolute Gasteiger partial charge is 0.0626 e. The van der Waals surface area contributed by atoms with Crippen molar-refractivity contribution in [3.05, 3.63) is 52.2 Å². The zero-order valence-electron chi connectivity index (χ0n) is 8.47. The molecule has 0 aliphatic heterocycles. The molecule has 2 aromatic rings. The zero-order chi connectivity index (χ0) is 10.7. The van der Waals surface area contributed by atoms with Gasteiger partial charge in [-0.3, -0.25) is 4.21 Å². The third-order valence-electron chi connectivity index (χ3n) is 2.14. The Hall–Kier alpha value is -0.930. The van der Waals surface area contributed by atoms with Gasteiger partial charge in [0.25, 0.3) is 0 Å². The number of hydrogen-bond acceptors (Lipinski definition) is 2. The van der Waals surface area contributed by atoms with Crippen LogP contribution in [0.4, 0.5) is 0 Å². The fraction of sp³-hybridized carbons (Fsp3) is 0.167. The van der Waals surface area contributed by atoms with Gasteiger partial charge in [0, 0.05) is 9.77 Å². The first-order valence-corrected chi connectivity index (χ1v) is 6.93. The second kappa shape index (κ2) is 4.73. The first-order valence-electron chi connectivity index (χ1n) is 4.73. The average molecular weight is 236 g/mol. The van der Waals surface area contributed by atoms with Crippen LogP contribution in [0.15, 0.2) is 46.7 Å². The number of benzene rings is 1. The van der Waals surface area contributed by atoms with Crippen LogP contribution in [-0.4, -0.2) is 4.21 Å².